The SMILES string of the molecule is N/C(=N\OC(=O)C(C(F)(F)F)C(F)(F)F)c1ccc(Cl)cc1Cl. The average molecular weight is 383 g/mol. The van der Waals surface area contributed by atoms with Crippen LogP contribution in [0.2, 0.25) is 10.0 Å². The Bertz CT molecular complexity index is 616. The number of hydrogen-bond acceptors (Lipinski definition) is 3. The quantitative estimate of drug-likeness (QED) is 0.283. The van der Waals surface area contributed by atoms with Crippen LogP contribution in [0.3, 0.4) is 0 Å². The van der Waals surface area contributed by atoms with Crippen LogP contribution in [-0.4, -0.2) is 24.2 Å². The predicted molar refractivity (Wildman–Crippen MR) is 68.9 cm³/mol. The maximum atomic E-state index is 12.3. The van der Waals surface area contributed by atoms with Gasteiger partial charge in [0.25, 0.3) is 0 Å². The number of hydrogen-bond donors (Lipinski definition) is 1. The Labute approximate surface area is 134 Å². The van der Waals surface area contributed by atoms with E-state index in [1.807, 2.05) is 0 Å². The number of rotatable bonds is 3. The molecule has 1 rings (SSSR count). The third-order valence-electron chi connectivity index (χ3n) is 2.33. The van der Waals surface area contributed by atoms with Crippen LogP contribution in [0.1, 0.15) is 5.56 Å². The number of amidine groups is 1. The van der Waals surface area contributed by atoms with E-state index in [9.17, 15) is 31.1 Å². The lowest BCUT2D eigenvalue weighted by atomic mass is 10.1. The van der Waals surface area contributed by atoms with Crippen LogP contribution in [0, 0.1) is 5.92 Å². The number of alkyl halides is 6. The molecule has 0 radical (unpaired) electrons. The van der Waals surface area contributed by atoms with Crippen molar-refractivity contribution in [2.24, 2.45) is 16.8 Å². The number of benzene rings is 1. The average Bonchev–Trinajstić information content (AvgIpc) is 2.32. The van der Waals surface area contributed by atoms with Crippen LogP contribution in [0.15, 0.2) is 23.4 Å². The van der Waals surface area contributed by atoms with Crippen LogP contribution in [0.5, 0.6) is 0 Å². The molecule has 0 aliphatic heterocycles. The third-order valence-corrected chi connectivity index (χ3v) is 2.88. The lowest BCUT2D eigenvalue weighted by Gasteiger charge is -2.19. The Morgan fingerprint density at radius 1 is 1.13 bits per heavy atom. The number of carbonyl (C=O) groups is 1. The number of halogens is 8. The monoisotopic (exact) mass is 382 g/mol. The summed E-state index contributed by atoms with van der Waals surface area (Å²) in [6.07, 6.45) is -11.8. The van der Waals surface area contributed by atoms with Gasteiger partial charge < -0.3 is 10.6 Å². The first-order valence-electron chi connectivity index (χ1n) is 5.47. The summed E-state index contributed by atoms with van der Waals surface area (Å²) in [6.45, 7) is 0. The molecule has 0 aliphatic rings. The second kappa shape index (κ2) is 6.83. The van der Waals surface area contributed by atoms with Crippen LogP contribution in [0.4, 0.5) is 26.3 Å². The summed E-state index contributed by atoms with van der Waals surface area (Å²) in [5, 5.41) is 2.84. The van der Waals surface area contributed by atoms with Crippen LogP contribution >= 0.6 is 23.2 Å². The van der Waals surface area contributed by atoms with Gasteiger partial charge in [0.15, 0.2) is 5.84 Å². The van der Waals surface area contributed by atoms with Gasteiger partial charge in [-0.05, 0) is 18.2 Å². The molecule has 0 amide bonds. The van der Waals surface area contributed by atoms with Crippen molar-refractivity contribution in [1.29, 1.82) is 0 Å². The molecule has 128 valence electrons. The van der Waals surface area contributed by atoms with Crippen molar-refractivity contribution in [1.82, 2.24) is 0 Å². The van der Waals surface area contributed by atoms with E-state index >= 15 is 0 Å². The summed E-state index contributed by atoms with van der Waals surface area (Å²) in [4.78, 5) is 14.7. The van der Waals surface area contributed by atoms with E-state index < -0.39 is 30.1 Å². The number of nitrogens with zero attached hydrogens (tertiary/aromatic N) is 1. The van der Waals surface area contributed by atoms with Gasteiger partial charge in [-0.2, -0.15) is 26.3 Å². The fourth-order valence-corrected chi connectivity index (χ4v) is 1.85. The minimum Gasteiger partial charge on any atom is -0.380 e. The molecule has 0 saturated carbocycles. The zero-order valence-electron chi connectivity index (χ0n) is 10.7. The minimum atomic E-state index is -5.89. The Kier molecular flexibility index (Phi) is 5.75. The second-order valence-electron chi connectivity index (χ2n) is 4.03. The standard InChI is InChI=1S/C11H6Cl2F6N2O2/c12-4-1-2-5(6(13)3-4)8(20)21-23-9(22)7(10(14,15)16)11(17,18)19/h1-3,7H,(H2,20,21). The van der Waals surface area contributed by atoms with E-state index in [2.05, 4.69) is 9.99 Å². The molecular formula is C11H6Cl2F6N2O2. The smallest absolute Gasteiger partial charge is 0.380 e. The number of carbonyl (C=O) groups excluding carboxylic acids is 1. The van der Waals surface area contributed by atoms with Crippen molar-refractivity contribution in [3.63, 3.8) is 0 Å². The summed E-state index contributed by atoms with van der Waals surface area (Å²) in [5.74, 6) is -7.71. The highest BCUT2D eigenvalue weighted by Gasteiger charge is 2.62. The molecule has 0 atom stereocenters. The molecule has 2 N–H and O–H groups in total. The summed E-state index contributed by atoms with van der Waals surface area (Å²) < 4.78 is 73.7. The number of oxime groups is 1. The second-order valence-corrected chi connectivity index (χ2v) is 4.87. The van der Waals surface area contributed by atoms with Gasteiger partial charge in [0.2, 0.25) is 5.92 Å². The van der Waals surface area contributed by atoms with Crippen molar-refractivity contribution in [2.45, 2.75) is 12.4 Å². The van der Waals surface area contributed by atoms with E-state index in [0.29, 0.717) is 0 Å². The highest BCUT2D eigenvalue weighted by molar-refractivity contribution is 6.36. The molecule has 0 spiro atoms. The fourth-order valence-electron chi connectivity index (χ4n) is 1.35. The fraction of sp³-hybridized carbons (Fsp3) is 0.273. The molecule has 0 heterocycles. The first-order valence-corrected chi connectivity index (χ1v) is 6.22. The van der Waals surface area contributed by atoms with Crippen molar-refractivity contribution in [3.8, 4) is 0 Å². The molecule has 23 heavy (non-hydrogen) atoms. The molecule has 12 heteroatoms. The van der Waals surface area contributed by atoms with Gasteiger partial charge in [-0.25, -0.2) is 4.79 Å². The summed E-state index contributed by atoms with van der Waals surface area (Å²) in [5.41, 5.74) is 5.20. The topological polar surface area (TPSA) is 64.7 Å². The van der Waals surface area contributed by atoms with Gasteiger partial charge in [0.05, 0.1) is 5.02 Å². The van der Waals surface area contributed by atoms with Crippen LogP contribution in [0.25, 0.3) is 0 Å². The maximum absolute atomic E-state index is 12.3. The van der Waals surface area contributed by atoms with Gasteiger partial charge >= 0.3 is 18.3 Å². The molecule has 0 unspecified atom stereocenters. The summed E-state index contributed by atoms with van der Waals surface area (Å²) in [7, 11) is 0. The first kappa shape index (κ1) is 19.4. The lowest BCUT2D eigenvalue weighted by Crippen LogP contribution is -2.43. The predicted octanol–water partition coefficient (Wildman–Crippen LogP) is 3.90. The molecule has 4 nitrogen and oxygen atoms in total. The first-order chi connectivity index (χ1) is 10.3. The molecule has 0 aliphatic carbocycles. The molecule has 0 aromatic heterocycles. The van der Waals surface area contributed by atoms with Crippen molar-refractivity contribution < 1.29 is 36.0 Å². The zero-order chi connectivity index (χ0) is 18.0. The van der Waals surface area contributed by atoms with Gasteiger partial charge in [0.1, 0.15) is 0 Å². The Morgan fingerprint density at radius 3 is 2.09 bits per heavy atom. The van der Waals surface area contributed by atoms with E-state index in [-0.39, 0.29) is 15.6 Å². The highest BCUT2D eigenvalue weighted by Crippen LogP contribution is 2.40. The van der Waals surface area contributed by atoms with Crippen LogP contribution in [-0.2, 0) is 9.63 Å². The molecule has 1 aromatic carbocycles. The van der Waals surface area contributed by atoms with E-state index in [0.717, 1.165) is 0 Å². The Morgan fingerprint density at radius 2 is 1.65 bits per heavy atom. The summed E-state index contributed by atoms with van der Waals surface area (Å²) in [6, 6.07) is 3.65. The molecule has 0 bridgehead atoms. The zero-order valence-corrected chi connectivity index (χ0v) is 12.2. The van der Waals surface area contributed by atoms with Gasteiger partial charge in [-0.15, -0.1) is 0 Å². The minimum absolute atomic E-state index is 0.0977. The molecule has 0 fully saturated rings. The highest BCUT2D eigenvalue weighted by atomic mass is 35.5. The van der Waals surface area contributed by atoms with E-state index in [1.165, 1.54) is 18.2 Å². The largest absolute Gasteiger partial charge is 0.411 e. The van der Waals surface area contributed by atoms with Gasteiger partial charge in [0, 0.05) is 10.6 Å². The Hall–Kier alpha value is -1.68. The van der Waals surface area contributed by atoms with E-state index in [1.54, 1.807) is 0 Å². The maximum Gasteiger partial charge on any atom is 0.411 e. The van der Waals surface area contributed by atoms with E-state index in [4.69, 9.17) is 28.9 Å². The van der Waals surface area contributed by atoms with Crippen molar-refractivity contribution in [3.05, 3.63) is 33.8 Å². The third kappa shape index (κ3) is 5.17. The van der Waals surface area contributed by atoms with Crippen LogP contribution < -0.4 is 5.73 Å². The lowest BCUT2D eigenvalue weighted by molar-refractivity contribution is -0.282. The van der Waals surface area contributed by atoms with Gasteiger partial charge in [-0.3, -0.25) is 0 Å². The molecule has 1 aromatic rings. The van der Waals surface area contributed by atoms with Crippen molar-refractivity contribution in [2.75, 3.05) is 0 Å². The van der Waals surface area contributed by atoms with Gasteiger partial charge in [-0.1, -0.05) is 28.4 Å². The summed E-state index contributed by atoms with van der Waals surface area (Å²) >= 11 is 11.3. The molecular weight excluding hydrogens is 377 g/mol. The molecule has 0 saturated heterocycles. The Balaban J connectivity index is 3.00. The normalized spacial score (nSPS) is 13.3. The van der Waals surface area contributed by atoms with Crippen molar-refractivity contribution >= 4 is 35.0 Å². The number of nitrogens with two attached hydrogens (primary N) is 1.